The Hall–Kier alpha value is -0.730. The number of hydrogen-bond acceptors (Lipinski definition) is 1. The van der Waals surface area contributed by atoms with Crippen molar-refractivity contribution >= 4 is 29.1 Å². The van der Waals surface area contributed by atoms with Gasteiger partial charge in [-0.05, 0) is 45.9 Å². The number of nitrogens with zero attached hydrogens (tertiary/aromatic N) is 1. The minimum atomic E-state index is -0.0422. The Bertz CT molecular complexity index is 388. The second kappa shape index (κ2) is 5.74. The molecule has 0 radical (unpaired) electrons. The maximum atomic E-state index is 12.3. The number of amides is 1. The Morgan fingerprint density at radius 1 is 1.00 bits per heavy atom. The van der Waals surface area contributed by atoms with E-state index in [1.807, 2.05) is 32.6 Å². The zero-order chi connectivity index (χ0) is 13.2. The Kier molecular flexibility index (Phi) is 4.84. The molecule has 17 heavy (non-hydrogen) atoms. The Morgan fingerprint density at radius 2 is 1.41 bits per heavy atom. The summed E-state index contributed by atoms with van der Waals surface area (Å²) in [6, 6.07) is 5.19. The SMILES string of the molecule is CC(C)N(C(=O)c1cc(Cl)cc(Cl)c1)C(C)C. The zero-order valence-electron chi connectivity index (χ0n) is 10.5. The third kappa shape index (κ3) is 3.62. The summed E-state index contributed by atoms with van der Waals surface area (Å²) in [5.74, 6) is -0.0422. The van der Waals surface area contributed by atoms with E-state index in [1.54, 1.807) is 18.2 Å². The molecular weight excluding hydrogens is 257 g/mol. The highest BCUT2D eigenvalue weighted by molar-refractivity contribution is 6.35. The average molecular weight is 274 g/mol. The van der Waals surface area contributed by atoms with Crippen LogP contribution in [-0.2, 0) is 0 Å². The van der Waals surface area contributed by atoms with Crippen LogP contribution in [0, 0.1) is 0 Å². The first kappa shape index (κ1) is 14.3. The second-order valence-corrected chi connectivity index (χ2v) is 5.43. The van der Waals surface area contributed by atoms with Crippen molar-refractivity contribution in [2.24, 2.45) is 0 Å². The second-order valence-electron chi connectivity index (χ2n) is 4.56. The first-order chi connectivity index (χ1) is 7.82. The quantitative estimate of drug-likeness (QED) is 0.806. The standard InChI is InChI=1S/C13H17Cl2NO/c1-8(2)16(9(3)4)13(17)10-5-11(14)7-12(15)6-10/h5-9H,1-4H3. The van der Waals surface area contributed by atoms with Crippen molar-refractivity contribution in [2.45, 2.75) is 39.8 Å². The van der Waals surface area contributed by atoms with Crippen LogP contribution < -0.4 is 0 Å². The van der Waals surface area contributed by atoms with E-state index in [0.717, 1.165) is 0 Å². The molecule has 0 atom stereocenters. The van der Waals surface area contributed by atoms with Gasteiger partial charge in [0, 0.05) is 27.7 Å². The van der Waals surface area contributed by atoms with E-state index in [4.69, 9.17) is 23.2 Å². The van der Waals surface area contributed by atoms with E-state index < -0.39 is 0 Å². The molecular formula is C13H17Cl2NO. The molecule has 94 valence electrons. The van der Waals surface area contributed by atoms with Crippen molar-refractivity contribution < 1.29 is 4.79 Å². The maximum absolute atomic E-state index is 12.3. The minimum absolute atomic E-state index is 0.0422. The third-order valence-corrected chi connectivity index (χ3v) is 2.89. The van der Waals surface area contributed by atoms with Crippen molar-refractivity contribution in [3.8, 4) is 0 Å². The van der Waals surface area contributed by atoms with Gasteiger partial charge in [0.1, 0.15) is 0 Å². The summed E-state index contributed by atoms with van der Waals surface area (Å²) in [6.07, 6.45) is 0. The molecule has 1 amide bonds. The van der Waals surface area contributed by atoms with Crippen molar-refractivity contribution in [3.63, 3.8) is 0 Å². The third-order valence-electron chi connectivity index (χ3n) is 2.46. The Balaban J connectivity index is 3.09. The van der Waals surface area contributed by atoms with Gasteiger partial charge in [-0.3, -0.25) is 4.79 Å². The average Bonchev–Trinajstić information content (AvgIpc) is 2.14. The molecule has 0 unspecified atom stereocenters. The van der Waals surface area contributed by atoms with Crippen molar-refractivity contribution in [1.29, 1.82) is 0 Å². The van der Waals surface area contributed by atoms with Crippen molar-refractivity contribution in [1.82, 2.24) is 4.90 Å². The predicted molar refractivity (Wildman–Crippen MR) is 72.9 cm³/mol. The van der Waals surface area contributed by atoms with Gasteiger partial charge in [-0.15, -0.1) is 0 Å². The van der Waals surface area contributed by atoms with Crippen LogP contribution in [-0.4, -0.2) is 22.9 Å². The Morgan fingerprint density at radius 3 is 1.76 bits per heavy atom. The molecule has 0 heterocycles. The van der Waals surface area contributed by atoms with E-state index >= 15 is 0 Å². The van der Waals surface area contributed by atoms with E-state index in [1.165, 1.54) is 0 Å². The largest absolute Gasteiger partial charge is 0.334 e. The summed E-state index contributed by atoms with van der Waals surface area (Å²) in [6.45, 7) is 7.96. The number of benzene rings is 1. The van der Waals surface area contributed by atoms with Gasteiger partial charge < -0.3 is 4.90 Å². The van der Waals surface area contributed by atoms with Crippen LogP contribution in [0.15, 0.2) is 18.2 Å². The van der Waals surface area contributed by atoms with Crippen LogP contribution in [0.3, 0.4) is 0 Å². The van der Waals surface area contributed by atoms with Gasteiger partial charge in [0.2, 0.25) is 0 Å². The number of hydrogen-bond donors (Lipinski definition) is 0. The molecule has 0 aliphatic heterocycles. The molecule has 0 saturated carbocycles. The van der Waals surface area contributed by atoms with E-state index in [-0.39, 0.29) is 18.0 Å². The van der Waals surface area contributed by atoms with Crippen molar-refractivity contribution in [2.75, 3.05) is 0 Å². The van der Waals surface area contributed by atoms with Gasteiger partial charge in [-0.25, -0.2) is 0 Å². The molecule has 4 heteroatoms. The van der Waals surface area contributed by atoms with Crippen LogP contribution in [0.2, 0.25) is 10.0 Å². The lowest BCUT2D eigenvalue weighted by Crippen LogP contribution is -2.42. The minimum Gasteiger partial charge on any atom is -0.334 e. The monoisotopic (exact) mass is 273 g/mol. The van der Waals surface area contributed by atoms with Gasteiger partial charge in [0.15, 0.2) is 0 Å². The molecule has 0 aliphatic carbocycles. The van der Waals surface area contributed by atoms with E-state index in [2.05, 4.69) is 0 Å². The van der Waals surface area contributed by atoms with Gasteiger partial charge in [-0.2, -0.15) is 0 Å². The lowest BCUT2D eigenvalue weighted by Gasteiger charge is -2.31. The molecule has 0 fully saturated rings. The summed E-state index contributed by atoms with van der Waals surface area (Å²) in [5, 5.41) is 0.960. The van der Waals surface area contributed by atoms with Crippen LogP contribution in [0.1, 0.15) is 38.1 Å². The zero-order valence-corrected chi connectivity index (χ0v) is 12.0. The fourth-order valence-electron chi connectivity index (χ4n) is 1.89. The van der Waals surface area contributed by atoms with Gasteiger partial charge in [-0.1, -0.05) is 23.2 Å². The Labute approximate surface area is 113 Å². The molecule has 0 aliphatic rings. The molecule has 0 bridgehead atoms. The van der Waals surface area contributed by atoms with E-state index in [0.29, 0.717) is 15.6 Å². The summed E-state index contributed by atoms with van der Waals surface area (Å²) >= 11 is 11.8. The first-order valence-electron chi connectivity index (χ1n) is 5.61. The highest BCUT2D eigenvalue weighted by Gasteiger charge is 2.21. The molecule has 0 saturated heterocycles. The summed E-state index contributed by atoms with van der Waals surface area (Å²) in [5.41, 5.74) is 0.532. The van der Waals surface area contributed by atoms with Crippen molar-refractivity contribution in [3.05, 3.63) is 33.8 Å². The van der Waals surface area contributed by atoms with E-state index in [9.17, 15) is 4.79 Å². The summed E-state index contributed by atoms with van der Waals surface area (Å²) in [4.78, 5) is 14.1. The topological polar surface area (TPSA) is 20.3 Å². The normalized spacial score (nSPS) is 11.1. The number of carbonyl (C=O) groups is 1. The van der Waals surface area contributed by atoms with Crippen LogP contribution in [0.25, 0.3) is 0 Å². The maximum Gasteiger partial charge on any atom is 0.254 e. The van der Waals surface area contributed by atoms with Crippen LogP contribution in [0.4, 0.5) is 0 Å². The fourth-order valence-corrected chi connectivity index (χ4v) is 2.42. The first-order valence-corrected chi connectivity index (χ1v) is 6.37. The predicted octanol–water partition coefficient (Wildman–Crippen LogP) is 4.25. The smallest absolute Gasteiger partial charge is 0.254 e. The highest BCUT2D eigenvalue weighted by Crippen LogP contribution is 2.21. The molecule has 1 rings (SSSR count). The van der Waals surface area contributed by atoms with Crippen LogP contribution >= 0.6 is 23.2 Å². The molecule has 1 aromatic rings. The van der Waals surface area contributed by atoms with Gasteiger partial charge in [0.25, 0.3) is 5.91 Å². The summed E-state index contributed by atoms with van der Waals surface area (Å²) in [7, 11) is 0. The molecule has 2 nitrogen and oxygen atoms in total. The molecule has 0 spiro atoms. The number of halogens is 2. The molecule has 0 aromatic heterocycles. The lowest BCUT2D eigenvalue weighted by molar-refractivity contribution is 0.0643. The lowest BCUT2D eigenvalue weighted by atomic mass is 10.1. The fraction of sp³-hybridized carbons (Fsp3) is 0.462. The molecule has 1 aromatic carbocycles. The number of rotatable bonds is 3. The van der Waals surface area contributed by atoms with Gasteiger partial charge >= 0.3 is 0 Å². The van der Waals surface area contributed by atoms with Gasteiger partial charge in [0.05, 0.1) is 0 Å². The highest BCUT2D eigenvalue weighted by atomic mass is 35.5. The van der Waals surface area contributed by atoms with Crippen LogP contribution in [0.5, 0.6) is 0 Å². The molecule has 0 N–H and O–H groups in total. The number of carbonyl (C=O) groups excluding carboxylic acids is 1. The summed E-state index contributed by atoms with van der Waals surface area (Å²) < 4.78 is 0.